The lowest BCUT2D eigenvalue weighted by molar-refractivity contribution is -0.142. The summed E-state index contributed by atoms with van der Waals surface area (Å²) < 4.78 is 0. The van der Waals surface area contributed by atoms with E-state index in [2.05, 4.69) is 80.0 Å². The molecular weight excluding hydrogens is 1330 g/mol. The van der Waals surface area contributed by atoms with Crippen LogP contribution < -0.4 is 75.7 Å². The Balaban J connectivity index is 1.79. The number of H-pyrrole nitrogens is 1. The molecule has 1 saturated heterocycles. The Morgan fingerprint density at radius 2 is 1.32 bits per heavy atom. The first-order valence-electron chi connectivity index (χ1n) is 34.2. The molecule has 0 radical (unpaired) electrons. The lowest BCUT2D eigenvalue weighted by atomic mass is 9.95. The van der Waals surface area contributed by atoms with Crippen LogP contribution in [0.5, 0.6) is 0 Å². The van der Waals surface area contributed by atoms with Gasteiger partial charge in [0.2, 0.25) is 70.9 Å². The second kappa shape index (κ2) is 42.7. The number of aliphatic imine (C=N–C) groups is 1. The van der Waals surface area contributed by atoms with E-state index in [1.165, 1.54) is 30.4 Å². The Morgan fingerprint density at radius 3 is 1.91 bits per heavy atom. The molecule has 0 saturated carbocycles. The number of primary amides is 1. The molecule has 4 rings (SSSR count). The van der Waals surface area contributed by atoms with Gasteiger partial charge in [-0.2, -0.15) is 0 Å². The van der Waals surface area contributed by atoms with E-state index in [-0.39, 0.29) is 101 Å². The maximum Gasteiger partial charge on any atom is 0.305 e. The second-order valence-electron chi connectivity index (χ2n) is 26.1. The standard InChI is InChI=1S/C67H103N17O16S/c1-9-18-38(8)55(84-59(93)43(23-24-51(86)87)75-60(94)44(27-35(4)5)77-64(98)49-33-101-67(82-49)53(70)36(6)10-2)66(100)76-41-21-15-16-26-72-56(90)47(30-50(69)85)79-63(97)48(31-52(88)89)80-62(96)46(29-40-32-71-34-73-40)78-61(95)45(28-39-19-13-12-14-20-39)81-65(99)54(37(7)11-3)83-58(92)42(22-17-25-68)74-57(41)91/h9,12-14,19-20,32,34-38,41-49,53-55H,1,10-11,15-18,21-31,33,68,70H2,2-8H3,(H2,69,85)(H,71,73)(H,72,90)(H,74,91)(H,75,94)(H,76,100)(H,77,98)(H,78,95)(H,79,97)(H,80,96)(H,81,99)(H,83,92)(H,84,93)(H,86,87)(H,88,89). The van der Waals surface area contributed by atoms with Crippen LogP contribution in [-0.2, 0) is 80.0 Å². The number of aromatic amines is 1. The fourth-order valence-corrected chi connectivity index (χ4v) is 12.2. The van der Waals surface area contributed by atoms with E-state index in [0.717, 1.165) is 6.42 Å². The lowest BCUT2D eigenvalue weighted by Crippen LogP contribution is -2.62. The van der Waals surface area contributed by atoms with Gasteiger partial charge in [-0.3, -0.25) is 72.1 Å². The van der Waals surface area contributed by atoms with Crippen molar-refractivity contribution in [3.8, 4) is 0 Å². The smallest absolute Gasteiger partial charge is 0.305 e. The molecule has 1 aromatic heterocycles. The van der Waals surface area contributed by atoms with Gasteiger partial charge in [-0.05, 0) is 87.1 Å². The number of nitrogens with zero attached hydrogens (tertiary/aromatic N) is 2. The summed E-state index contributed by atoms with van der Waals surface area (Å²) >= 11 is 1.34. The van der Waals surface area contributed by atoms with E-state index in [1.54, 1.807) is 65.0 Å². The number of amides is 12. The van der Waals surface area contributed by atoms with Crippen LogP contribution in [0.25, 0.3) is 0 Å². The Morgan fingerprint density at radius 1 is 0.703 bits per heavy atom. The number of hydrogen-bond acceptors (Lipinski definition) is 19. The van der Waals surface area contributed by atoms with Crippen molar-refractivity contribution in [1.29, 1.82) is 0 Å². The number of rotatable bonds is 32. The molecule has 101 heavy (non-hydrogen) atoms. The van der Waals surface area contributed by atoms with E-state index in [4.69, 9.17) is 17.2 Å². The van der Waals surface area contributed by atoms with Crippen molar-refractivity contribution in [2.45, 2.75) is 217 Å². The largest absolute Gasteiger partial charge is 0.481 e. The molecule has 34 heteroatoms. The van der Waals surface area contributed by atoms with Crippen LogP contribution in [-0.4, -0.2) is 199 Å². The Hall–Kier alpha value is -9.31. The molecule has 3 heterocycles. The second-order valence-corrected chi connectivity index (χ2v) is 27.1. The number of allylic oxidation sites excluding steroid dienone is 1. The molecule has 20 N–H and O–H groups in total. The number of hydrogen-bond donors (Lipinski definition) is 17. The van der Waals surface area contributed by atoms with Gasteiger partial charge in [-0.15, -0.1) is 18.3 Å². The van der Waals surface area contributed by atoms with Gasteiger partial charge >= 0.3 is 11.9 Å². The zero-order valence-corrected chi connectivity index (χ0v) is 59.3. The molecule has 0 aliphatic carbocycles. The zero-order chi connectivity index (χ0) is 75.0. The molecule has 2 aliphatic rings. The lowest BCUT2D eigenvalue weighted by Gasteiger charge is -2.30. The minimum atomic E-state index is -1.95. The highest BCUT2D eigenvalue weighted by Gasteiger charge is 2.40. The van der Waals surface area contributed by atoms with Crippen LogP contribution in [0, 0.1) is 23.7 Å². The summed E-state index contributed by atoms with van der Waals surface area (Å²) in [6, 6.07) is -8.57. The first-order valence-corrected chi connectivity index (χ1v) is 35.2. The summed E-state index contributed by atoms with van der Waals surface area (Å²) in [4.78, 5) is 207. The van der Waals surface area contributed by atoms with Gasteiger partial charge in [0.05, 0.1) is 35.9 Å². The van der Waals surface area contributed by atoms with E-state index in [1.807, 2.05) is 13.8 Å². The molecule has 12 amide bonds. The van der Waals surface area contributed by atoms with Gasteiger partial charge in [0.15, 0.2) is 0 Å². The third kappa shape index (κ3) is 28.3. The summed E-state index contributed by atoms with van der Waals surface area (Å²) in [6.45, 7) is 16.1. The third-order valence-electron chi connectivity index (χ3n) is 17.4. The number of aliphatic carboxylic acids is 2. The van der Waals surface area contributed by atoms with Crippen LogP contribution >= 0.6 is 11.8 Å². The van der Waals surface area contributed by atoms with E-state index >= 15 is 0 Å². The van der Waals surface area contributed by atoms with E-state index < -0.39 is 193 Å². The summed E-state index contributed by atoms with van der Waals surface area (Å²) in [5, 5.41) is 49.0. The summed E-state index contributed by atoms with van der Waals surface area (Å²) in [5.74, 6) is -15.7. The number of aromatic nitrogens is 2. The Bertz CT molecular complexity index is 3210. The quantitative estimate of drug-likeness (QED) is 0.0370. The number of carbonyl (C=O) groups is 14. The fourth-order valence-electron chi connectivity index (χ4n) is 11.0. The number of imidazole rings is 1. The average Bonchev–Trinajstić information content (AvgIpc) is 1.81. The minimum Gasteiger partial charge on any atom is -0.481 e. The number of benzene rings is 1. The van der Waals surface area contributed by atoms with Crippen molar-refractivity contribution >= 4 is 99.6 Å². The maximum atomic E-state index is 14.9. The normalized spacial score (nSPS) is 23.0. The average molecular weight is 1430 g/mol. The molecule has 15 unspecified atom stereocenters. The fraction of sp³-hybridized carbons (Fsp3) is 0.612. The predicted octanol–water partition coefficient (Wildman–Crippen LogP) is -1.51. The first kappa shape index (κ1) is 84.1. The van der Waals surface area contributed by atoms with Crippen LogP contribution in [0.4, 0.5) is 0 Å². The van der Waals surface area contributed by atoms with Crippen molar-refractivity contribution in [3.63, 3.8) is 0 Å². The third-order valence-corrected chi connectivity index (χ3v) is 18.5. The Kier molecular flexibility index (Phi) is 35.6. The van der Waals surface area contributed by atoms with Crippen molar-refractivity contribution in [3.05, 3.63) is 66.8 Å². The van der Waals surface area contributed by atoms with Crippen LogP contribution in [0.2, 0.25) is 0 Å². The molecule has 2 aliphatic heterocycles. The van der Waals surface area contributed by atoms with Crippen molar-refractivity contribution in [1.82, 2.24) is 68.5 Å². The summed E-state index contributed by atoms with van der Waals surface area (Å²) in [7, 11) is 0. The molecule has 2 aromatic rings. The van der Waals surface area contributed by atoms with E-state index in [0.29, 0.717) is 10.6 Å². The molecule has 0 bridgehead atoms. The summed E-state index contributed by atoms with van der Waals surface area (Å²) in [6.07, 6.45) is 1.56. The summed E-state index contributed by atoms with van der Waals surface area (Å²) in [5.41, 5.74) is 18.6. The number of thioether (sulfide) groups is 1. The van der Waals surface area contributed by atoms with Gasteiger partial charge in [0.25, 0.3) is 0 Å². The molecule has 1 aromatic carbocycles. The number of nitrogens with one attached hydrogen (secondary N) is 12. The first-order chi connectivity index (χ1) is 47.9. The van der Waals surface area contributed by atoms with Crippen molar-refractivity contribution in [2.24, 2.45) is 45.9 Å². The Labute approximate surface area is 591 Å². The maximum absolute atomic E-state index is 14.9. The van der Waals surface area contributed by atoms with Crippen LogP contribution in [0.15, 0.2) is 60.5 Å². The number of carbonyl (C=O) groups excluding carboxylic acids is 12. The van der Waals surface area contributed by atoms with Crippen LogP contribution in [0.3, 0.4) is 0 Å². The van der Waals surface area contributed by atoms with Crippen LogP contribution in [0.1, 0.15) is 143 Å². The van der Waals surface area contributed by atoms with Gasteiger partial charge < -0.3 is 90.9 Å². The topological polar surface area (TPSA) is 531 Å². The SMILES string of the molecule is C=CCC(C)C(NC(=O)C(CCC(=O)O)NC(=O)C(CC(C)C)NC(=O)C1CSC(C(N)C(C)CC)=N1)C(=O)NC1CCCCNC(=O)C(CC(N)=O)NC(=O)C(CC(=O)O)NC(=O)C(Cc2c[nH]cn2)NC(=O)C(Cc2ccccc2)NC(=O)C(C(C)CC)NC(=O)C(CCCN)NC1=O. The zero-order valence-electron chi connectivity index (χ0n) is 58.4. The van der Waals surface area contributed by atoms with Crippen molar-refractivity contribution < 1.29 is 77.3 Å². The highest BCUT2D eigenvalue weighted by atomic mass is 32.2. The van der Waals surface area contributed by atoms with Gasteiger partial charge in [0, 0.05) is 37.8 Å². The van der Waals surface area contributed by atoms with Crippen molar-refractivity contribution in [2.75, 3.05) is 18.8 Å². The van der Waals surface area contributed by atoms with E-state index in [9.17, 15) is 77.3 Å². The molecule has 558 valence electrons. The molecular formula is C67H103N17O16S. The van der Waals surface area contributed by atoms with Gasteiger partial charge in [0.1, 0.15) is 66.5 Å². The minimum absolute atomic E-state index is 0.00794. The highest BCUT2D eigenvalue weighted by Crippen LogP contribution is 2.25. The molecule has 15 atom stereocenters. The number of carboxylic acids is 2. The predicted molar refractivity (Wildman–Crippen MR) is 374 cm³/mol. The highest BCUT2D eigenvalue weighted by molar-refractivity contribution is 8.14. The van der Waals surface area contributed by atoms with Gasteiger partial charge in [-0.25, -0.2) is 4.98 Å². The number of nitrogens with two attached hydrogens (primary N) is 3. The molecule has 1 fully saturated rings. The van der Waals surface area contributed by atoms with Gasteiger partial charge in [-0.1, -0.05) is 97.7 Å². The number of carboxylic acid groups (broad SMARTS) is 2. The molecule has 33 nitrogen and oxygen atoms in total. The molecule has 0 spiro atoms. The monoisotopic (exact) mass is 1430 g/mol.